The van der Waals surface area contributed by atoms with Gasteiger partial charge in [-0.2, -0.15) is 0 Å². The van der Waals surface area contributed by atoms with Crippen LogP contribution in [0, 0.1) is 0 Å². The van der Waals surface area contributed by atoms with E-state index in [4.69, 9.17) is 0 Å². The van der Waals surface area contributed by atoms with E-state index in [1.54, 1.807) is 0 Å². The number of hydrogen-bond donors (Lipinski definition) is 1. The summed E-state index contributed by atoms with van der Waals surface area (Å²) in [5.74, 6) is 0.587. The predicted octanol–water partition coefficient (Wildman–Crippen LogP) is 3.78. The lowest BCUT2D eigenvalue weighted by Crippen LogP contribution is -2.60. The van der Waals surface area contributed by atoms with Gasteiger partial charge >= 0.3 is 0 Å². The van der Waals surface area contributed by atoms with E-state index in [9.17, 15) is 0 Å². The van der Waals surface area contributed by atoms with Crippen LogP contribution in [0.2, 0.25) is 0 Å². The minimum absolute atomic E-state index is 0.294. The van der Waals surface area contributed by atoms with E-state index < -0.39 is 0 Å². The zero-order chi connectivity index (χ0) is 13.9. The summed E-state index contributed by atoms with van der Waals surface area (Å²) in [7, 11) is 0. The summed E-state index contributed by atoms with van der Waals surface area (Å²) in [4.78, 5) is 2.58. The lowest BCUT2D eigenvalue weighted by atomic mass is 9.89. The number of benzene rings is 1. The topological polar surface area (TPSA) is 15.3 Å². The van der Waals surface area contributed by atoms with Crippen molar-refractivity contribution in [1.29, 1.82) is 0 Å². The maximum atomic E-state index is 3.74. The lowest BCUT2D eigenvalue weighted by molar-refractivity contribution is 0.277. The molecule has 2 rings (SSSR count). The number of hydrogen-bond acceptors (Lipinski definition) is 2. The molecule has 1 aliphatic rings. The van der Waals surface area contributed by atoms with Crippen LogP contribution < -0.4 is 10.2 Å². The highest BCUT2D eigenvalue weighted by Crippen LogP contribution is 2.30. The van der Waals surface area contributed by atoms with Gasteiger partial charge in [-0.05, 0) is 30.4 Å². The minimum Gasteiger partial charge on any atom is -0.368 e. The molecule has 1 heterocycles. The molecule has 1 saturated heterocycles. The largest absolute Gasteiger partial charge is 0.368 e. The van der Waals surface area contributed by atoms with Crippen molar-refractivity contribution >= 4 is 5.69 Å². The number of rotatable bonds is 4. The van der Waals surface area contributed by atoms with Crippen molar-refractivity contribution in [2.45, 2.75) is 52.0 Å². The maximum absolute atomic E-state index is 3.74. The highest BCUT2D eigenvalue weighted by Gasteiger charge is 2.32. The molecule has 0 saturated carbocycles. The standard InChI is InChI=1S/C17H28N2/c1-5-17(6-2)13-19(12-11-18-17)16-10-8-7-9-15(16)14(3)4/h7-10,14,18H,5-6,11-13H2,1-4H3. The van der Waals surface area contributed by atoms with Crippen LogP contribution in [0.4, 0.5) is 5.69 Å². The number of anilines is 1. The van der Waals surface area contributed by atoms with Gasteiger partial charge < -0.3 is 10.2 Å². The second-order valence-electron chi connectivity index (χ2n) is 6.05. The van der Waals surface area contributed by atoms with Crippen LogP contribution in [0.25, 0.3) is 0 Å². The molecule has 0 radical (unpaired) electrons. The van der Waals surface area contributed by atoms with Crippen LogP contribution >= 0.6 is 0 Å². The van der Waals surface area contributed by atoms with Gasteiger partial charge in [-0.25, -0.2) is 0 Å². The van der Waals surface area contributed by atoms with Crippen LogP contribution in [0.5, 0.6) is 0 Å². The Labute approximate surface area is 118 Å². The lowest BCUT2D eigenvalue weighted by Gasteiger charge is -2.45. The molecule has 1 aromatic carbocycles. The Balaban J connectivity index is 2.27. The highest BCUT2D eigenvalue weighted by atomic mass is 15.2. The molecule has 0 aliphatic carbocycles. The van der Waals surface area contributed by atoms with Crippen LogP contribution in [0.15, 0.2) is 24.3 Å². The average Bonchev–Trinajstić information content (AvgIpc) is 2.47. The Morgan fingerprint density at radius 1 is 1.21 bits per heavy atom. The second-order valence-corrected chi connectivity index (χ2v) is 6.05. The molecule has 19 heavy (non-hydrogen) atoms. The van der Waals surface area contributed by atoms with Gasteiger partial charge in [0.05, 0.1) is 0 Å². The van der Waals surface area contributed by atoms with Gasteiger partial charge in [-0.1, -0.05) is 45.9 Å². The van der Waals surface area contributed by atoms with Gasteiger partial charge in [-0.15, -0.1) is 0 Å². The van der Waals surface area contributed by atoms with Gasteiger partial charge in [0.15, 0.2) is 0 Å². The van der Waals surface area contributed by atoms with Gasteiger partial charge in [0, 0.05) is 30.9 Å². The SMILES string of the molecule is CCC1(CC)CN(c2ccccc2C(C)C)CCN1. The van der Waals surface area contributed by atoms with E-state index in [1.165, 1.54) is 24.1 Å². The first kappa shape index (κ1) is 14.4. The van der Waals surface area contributed by atoms with Crippen molar-refractivity contribution in [2.75, 3.05) is 24.5 Å². The van der Waals surface area contributed by atoms with Crippen molar-refractivity contribution in [3.05, 3.63) is 29.8 Å². The van der Waals surface area contributed by atoms with Gasteiger partial charge in [0.1, 0.15) is 0 Å². The Kier molecular flexibility index (Phi) is 4.51. The number of nitrogens with zero attached hydrogens (tertiary/aromatic N) is 1. The molecule has 0 amide bonds. The zero-order valence-electron chi connectivity index (χ0n) is 12.9. The fraction of sp³-hybridized carbons (Fsp3) is 0.647. The van der Waals surface area contributed by atoms with Gasteiger partial charge in [0.2, 0.25) is 0 Å². The fourth-order valence-corrected chi connectivity index (χ4v) is 3.15. The third-order valence-corrected chi connectivity index (χ3v) is 4.63. The summed E-state index contributed by atoms with van der Waals surface area (Å²) >= 11 is 0. The van der Waals surface area contributed by atoms with E-state index in [0.29, 0.717) is 11.5 Å². The molecule has 2 nitrogen and oxygen atoms in total. The normalized spacial score (nSPS) is 18.9. The molecule has 2 heteroatoms. The highest BCUT2D eigenvalue weighted by molar-refractivity contribution is 5.55. The monoisotopic (exact) mass is 260 g/mol. The Hall–Kier alpha value is -1.02. The van der Waals surface area contributed by atoms with Crippen LogP contribution in [0.1, 0.15) is 52.0 Å². The smallest absolute Gasteiger partial charge is 0.0402 e. The van der Waals surface area contributed by atoms with Crippen molar-refractivity contribution in [3.63, 3.8) is 0 Å². The second kappa shape index (κ2) is 5.96. The summed E-state index contributed by atoms with van der Waals surface area (Å²) in [5.41, 5.74) is 3.21. The molecule has 1 aliphatic heterocycles. The summed E-state index contributed by atoms with van der Waals surface area (Å²) in [6.45, 7) is 12.5. The molecule has 0 unspecified atom stereocenters. The quantitative estimate of drug-likeness (QED) is 0.886. The first-order valence-corrected chi connectivity index (χ1v) is 7.71. The average molecular weight is 260 g/mol. The molecule has 0 aromatic heterocycles. The molecule has 0 atom stereocenters. The summed E-state index contributed by atoms with van der Waals surface area (Å²) in [5, 5.41) is 3.74. The first-order chi connectivity index (χ1) is 9.12. The van der Waals surface area contributed by atoms with Crippen LogP contribution in [0.3, 0.4) is 0 Å². The molecule has 0 spiro atoms. The molecule has 1 N–H and O–H groups in total. The minimum atomic E-state index is 0.294. The summed E-state index contributed by atoms with van der Waals surface area (Å²) in [6.07, 6.45) is 2.40. The number of piperazine rings is 1. The maximum Gasteiger partial charge on any atom is 0.0402 e. The van der Waals surface area contributed by atoms with Crippen molar-refractivity contribution in [2.24, 2.45) is 0 Å². The van der Waals surface area contributed by atoms with E-state index >= 15 is 0 Å². The van der Waals surface area contributed by atoms with E-state index in [-0.39, 0.29) is 0 Å². The van der Waals surface area contributed by atoms with Crippen molar-refractivity contribution in [3.8, 4) is 0 Å². The van der Waals surface area contributed by atoms with E-state index in [1.807, 2.05) is 0 Å². The van der Waals surface area contributed by atoms with Crippen LogP contribution in [-0.2, 0) is 0 Å². The molecular formula is C17H28N2. The molecule has 1 aromatic rings. The first-order valence-electron chi connectivity index (χ1n) is 7.71. The summed E-state index contributed by atoms with van der Waals surface area (Å²) < 4.78 is 0. The predicted molar refractivity (Wildman–Crippen MR) is 84.1 cm³/mol. The summed E-state index contributed by atoms with van der Waals surface area (Å²) in [6, 6.07) is 8.90. The third kappa shape index (κ3) is 2.94. The third-order valence-electron chi connectivity index (χ3n) is 4.63. The Morgan fingerprint density at radius 2 is 1.89 bits per heavy atom. The van der Waals surface area contributed by atoms with Gasteiger partial charge in [-0.3, -0.25) is 0 Å². The molecule has 1 fully saturated rings. The Bertz CT molecular complexity index is 407. The molecule has 0 bridgehead atoms. The van der Waals surface area contributed by atoms with Gasteiger partial charge in [0.25, 0.3) is 0 Å². The number of para-hydroxylation sites is 1. The Morgan fingerprint density at radius 3 is 2.53 bits per heavy atom. The van der Waals surface area contributed by atoms with Crippen molar-refractivity contribution in [1.82, 2.24) is 5.32 Å². The number of nitrogens with one attached hydrogen (secondary N) is 1. The van der Waals surface area contributed by atoms with Crippen molar-refractivity contribution < 1.29 is 0 Å². The van der Waals surface area contributed by atoms with E-state index in [0.717, 1.165) is 19.6 Å². The fourth-order valence-electron chi connectivity index (χ4n) is 3.15. The zero-order valence-corrected chi connectivity index (χ0v) is 12.9. The van der Waals surface area contributed by atoms with Crippen LogP contribution in [-0.4, -0.2) is 25.2 Å². The molecule has 106 valence electrons. The molecular weight excluding hydrogens is 232 g/mol. The van der Waals surface area contributed by atoms with E-state index in [2.05, 4.69) is 62.2 Å².